The first-order valence-corrected chi connectivity index (χ1v) is 11.2. The Morgan fingerprint density at radius 3 is 2.44 bits per heavy atom. The maximum Gasteiger partial charge on any atom is 0.295 e. The van der Waals surface area contributed by atoms with Crippen LogP contribution in [0.4, 0.5) is 0 Å². The van der Waals surface area contributed by atoms with Crippen LogP contribution >= 0.6 is 0 Å². The number of ketones is 1. The number of ether oxygens (including phenoxy) is 1. The number of amides is 1. The van der Waals surface area contributed by atoms with Gasteiger partial charge in [-0.15, -0.1) is 0 Å². The number of hydrogen-bond acceptors (Lipinski definition) is 4. The molecule has 1 aliphatic heterocycles. The molecule has 170 valence electrons. The largest absolute Gasteiger partial charge is 0.507 e. The van der Waals surface area contributed by atoms with Gasteiger partial charge in [0.05, 0.1) is 18.2 Å². The van der Waals surface area contributed by atoms with Gasteiger partial charge in [-0.3, -0.25) is 9.59 Å². The second-order valence-electron chi connectivity index (χ2n) is 9.28. The predicted molar refractivity (Wildman–Crippen MR) is 127 cm³/mol. The number of likely N-dealkylation sites (tertiary alicyclic amines) is 1. The minimum Gasteiger partial charge on any atom is -0.507 e. The summed E-state index contributed by atoms with van der Waals surface area (Å²) in [6, 6.07) is 12.6. The van der Waals surface area contributed by atoms with Crippen molar-refractivity contribution in [2.75, 3.05) is 13.2 Å². The molecule has 3 rings (SSSR count). The molecule has 0 spiro atoms. The molecular weight excluding hydrogens is 402 g/mol. The van der Waals surface area contributed by atoms with Crippen LogP contribution in [0.3, 0.4) is 0 Å². The average Bonchev–Trinajstić information content (AvgIpc) is 2.98. The highest BCUT2D eigenvalue weighted by atomic mass is 16.5. The summed E-state index contributed by atoms with van der Waals surface area (Å²) in [5, 5.41) is 11.4. The fourth-order valence-electron chi connectivity index (χ4n) is 4.13. The van der Waals surface area contributed by atoms with Crippen molar-refractivity contribution in [3.05, 3.63) is 70.3 Å². The molecule has 0 aromatic heterocycles. The van der Waals surface area contributed by atoms with Gasteiger partial charge in [-0.2, -0.15) is 0 Å². The Balaban J connectivity index is 2.24. The molecule has 0 saturated carbocycles. The van der Waals surface area contributed by atoms with E-state index in [0.717, 1.165) is 16.7 Å². The van der Waals surface area contributed by atoms with Crippen molar-refractivity contribution in [1.29, 1.82) is 0 Å². The van der Waals surface area contributed by atoms with Crippen LogP contribution in [0.1, 0.15) is 69.3 Å². The molecule has 2 aromatic carbocycles. The molecule has 1 unspecified atom stereocenters. The molecule has 5 nitrogen and oxygen atoms in total. The standard InChI is InChI=1S/C27H33NO4/c1-7-14-28-23(18-10-9-11-20(15-18)32-8-2)22(25(30)26(28)31)24(29)21-16-19(27(4,5)6)13-12-17(21)3/h9-13,15-16,23,29H,7-8,14H2,1-6H3/b24-22+. The van der Waals surface area contributed by atoms with Crippen LogP contribution < -0.4 is 4.74 Å². The highest BCUT2D eigenvalue weighted by Crippen LogP contribution is 2.41. The minimum atomic E-state index is -0.659. The summed E-state index contributed by atoms with van der Waals surface area (Å²) >= 11 is 0. The topological polar surface area (TPSA) is 66.8 Å². The van der Waals surface area contributed by atoms with E-state index in [2.05, 4.69) is 20.8 Å². The van der Waals surface area contributed by atoms with Crippen LogP contribution in [-0.2, 0) is 15.0 Å². The zero-order valence-corrected chi connectivity index (χ0v) is 19.9. The second kappa shape index (κ2) is 9.19. The second-order valence-corrected chi connectivity index (χ2v) is 9.28. The fraction of sp³-hybridized carbons (Fsp3) is 0.407. The molecule has 1 N–H and O–H groups in total. The number of aryl methyl sites for hydroxylation is 1. The molecule has 1 fully saturated rings. The van der Waals surface area contributed by atoms with Crippen molar-refractivity contribution < 1.29 is 19.4 Å². The Morgan fingerprint density at radius 1 is 1.09 bits per heavy atom. The lowest BCUT2D eigenvalue weighted by Crippen LogP contribution is -2.30. The number of benzene rings is 2. The van der Waals surface area contributed by atoms with Gasteiger partial charge in [0, 0.05) is 12.1 Å². The van der Waals surface area contributed by atoms with Crippen LogP contribution in [-0.4, -0.2) is 34.8 Å². The van der Waals surface area contributed by atoms with E-state index in [4.69, 9.17) is 4.74 Å². The van der Waals surface area contributed by atoms with Gasteiger partial charge in [0.15, 0.2) is 0 Å². The van der Waals surface area contributed by atoms with Gasteiger partial charge in [0.2, 0.25) is 0 Å². The summed E-state index contributed by atoms with van der Waals surface area (Å²) in [6.07, 6.45) is 0.702. The van der Waals surface area contributed by atoms with Gasteiger partial charge in [-0.25, -0.2) is 0 Å². The number of carbonyl (C=O) groups excluding carboxylic acids is 2. The maximum atomic E-state index is 13.2. The van der Waals surface area contributed by atoms with E-state index in [1.807, 2.05) is 63.2 Å². The molecule has 5 heteroatoms. The Hall–Kier alpha value is -3.08. The third kappa shape index (κ3) is 4.43. The van der Waals surface area contributed by atoms with Crippen LogP contribution in [0.25, 0.3) is 5.76 Å². The normalized spacial score (nSPS) is 18.3. The van der Waals surface area contributed by atoms with Crippen molar-refractivity contribution >= 4 is 17.4 Å². The predicted octanol–water partition coefficient (Wildman–Crippen LogP) is 5.52. The number of nitrogens with zero attached hydrogens (tertiary/aromatic N) is 1. The SMILES string of the molecule is CCCN1C(=O)C(=O)/C(=C(/O)c2cc(C(C)(C)C)ccc2C)C1c1cccc(OCC)c1. The smallest absolute Gasteiger partial charge is 0.295 e. The summed E-state index contributed by atoms with van der Waals surface area (Å²) in [6.45, 7) is 13.0. The lowest BCUT2D eigenvalue weighted by Gasteiger charge is -2.26. The first kappa shape index (κ1) is 23.6. The maximum absolute atomic E-state index is 13.2. The summed E-state index contributed by atoms with van der Waals surface area (Å²) in [5.74, 6) is -0.691. The fourth-order valence-corrected chi connectivity index (χ4v) is 4.13. The van der Waals surface area contributed by atoms with Gasteiger partial charge in [0.1, 0.15) is 11.5 Å². The van der Waals surface area contributed by atoms with E-state index in [9.17, 15) is 14.7 Å². The van der Waals surface area contributed by atoms with Crippen molar-refractivity contribution in [3.63, 3.8) is 0 Å². The Kier molecular flexibility index (Phi) is 6.77. The van der Waals surface area contributed by atoms with E-state index in [0.29, 0.717) is 30.9 Å². The van der Waals surface area contributed by atoms with Crippen molar-refractivity contribution in [3.8, 4) is 5.75 Å². The third-order valence-electron chi connectivity index (χ3n) is 5.85. The molecule has 1 saturated heterocycles. The molecule has 1 amide bonds. The molecule has 2 aromatic rings. The lowest BCUT2D eigenvalue weighted by molar-refractivity contribution is -0.139. The molecule has 1 atom stereocenters. The third-order valence-corrected chi connectivity index (χ3v) is 5.85. The summed E-state index contributed by atoms with van der Waals surface area (Å²) in [4.78, 5) is 27.7. The molecule has 1 heterocycles. The van der Waals surface area contributed by atoms with Gasteiger partial charge in [0.25, 0.3) is 11.7 Å². The minimum absolute atomic E-state index is 0.123. The number of hydrogen-bond donors (Lipinski definition) is 1. The zero-order chi connectivity index (χ0) is 23.6. The van der Waals surface area contributed by atoms with E-state index in [1.165, 1.54) is 0 Å². The molecule has 32 heavy (non-hydrogen) atoms. The van der Waals surface area contributed by atoms with E-state index in [-0.39, 0.29) is 16.7 Å². The summed E-state index contributed by atoms with van der Waals surface area (Å²) in [5.41, 5.74) is 3.22. The lowest BCUT2D eigenvalue weighted by atomic mass is 9.84. The number of rotatable bonds is 6. The first-order chi connectivity index (χ1) is 15.1. The van der Waals surface area contributed by atoms with Crippen LogP contribution in [0.15, 0.2) is 48.0 Å². The van der Waals surface area contributed by atoms with E-state index < -0.39 is 17.7 Å². The summed E-state index contributed by atoms with van der Waals surface area (Å²) in [7, 11) is 0. The Bertz CT molecular complexity index is 1060. The van der Waals surface area contributed by atoms with Crippen molar-refractivity contribution in [2.24, 2.45) is 0 Å². The number of aliphatic hydroxyl groups is 1. The highest BCUT2D eigenvalue weighted by Gasteiger charge is 2.46. The highest BCUT2D eigenvalue weighted by molar-refractivity contribution is 6.46. The monoisotopic (exact) mass is 435 g/mol. The van der Waals surface area contributed by atoms with Gasteiger partial charge >= 0.3 is 0 Å². The molecule has 0 radical (unpaired) electrons. The quantitative estimate of drug-likeness (QED) is 0.368. The summed E-state index contributed by atoms with van der Waals surface area (Å²) < 4.78 is 5.64. The van der Waals surface area contributed by atoms with E-state index in [1.54, 1.807) is 4.90 Å². The number of carbonyl (C=O) groups is 2. The molecule has 0 bridgehead atoms. The molecular formula is C27H33NO4. The van der Waals surface area contributed by atoms with Gasteiger partial charge in [-0.1, -0.05) is 52.0 Å². The average molecular weight is 436 g/mol. The number of aliphatic hydroxyl groups excluding tert-OH is 1. The zero-order valence-electron chi connectivity index (χ0n) is 19.9. The van der Waals surface area contributed by atoms with Crippen LogP contribution in [0.2, 0.25) is 0 Å². The molecule has 1 aliphatic rings. The molecule has 0 aliphatic carbocycles. The number of Topliss-reactive ketones (excluding diaryl/α,β-unsaturated/α-hetero) is 1. The van der Waals surface area contributed by atoms with Crippen molar-refractivity contribution in [2.45, 2.75) is 59.4 Å². The van der Waals surface area contributed by atoms with E-state index >= 15 is 0 Å². The van der Waals surface area contributed by atoms with Crippen LogP contribution in [0, 0.1) is 6.92 Å². The Morgan fingerprint density at radius 2 is 1.81 bits per heavy atom. The van der Waals surface area contributed by atoms with Crippen molar-refractivity contribution in [1.82, 2.24) is 4.90 Å². The van der Waals surface area contributed by atoms with Gasteiger partial charge in [-0.05, 0) is 60.6 Å². The first-order valence-electron chi connectivity index (χ1n) is 11.2. The van der Waals surface area contributed by atoms with Crippen LogP contribution in [0.5, 0.6) is 5.75 Å². The Labute approximate surface area is 190 Å². The van der Waals surface area contributed by atoms with Gasteiger partial charge < -0.3 is 14.7 Å².